The molecule has 0 heterocycles. The minimum absolute atomic E-state index is 0.149. The third-order valence-electron chi connectivity index (χ3n) is 4.93. The highest BCUT2D eigenvalue weighted by Crippen LogP contribution is 2.31. The Morgan fingerprint density at radius 2 is 1.48 bits per heavy atom. The standard InChI is InChI=1S/C26H35NO5S/c1-17(27-24(30)25(2,3)4)19-15-11-12-16-20(19)33(31)22(23(29)32-26(5,6)7)21(28)18-13-9-8-10-14-18/h8-17,21-22,28H,1-7H3,(H,27,30)/t17-,21+,22+,33-/m1/s1. The second kappa shape index (κ2) is 10.6. The van der Waals surface area contributed by atoms with Crippen LogP contribution >= 0.6 is 0 Å². The van der Waals surface area contributed by atoms with Crippen molar-refractivity contribution in [3.8, 4) is 0 Å². The largest absolute Gasteiger partial charge is 0.459 e. The highest BCUT2D eigenvalue weighted by Gasteiger charge is 2.39. The van der Waals surface area contributed by atoms with Crippen molar-refractivity contribution in [3.63, 3.8) is 0 Å². The summed E-state index contributed by atoms with van der Waals surface area (Å²) in [5.74, 6) is -0.901. The number of carbonyl (C=O) groups is 2. The van der Waals surface area contributed by atoms with Crippen molar-refractivity contribution in [1.29, 1.82) is 0 Å². The highest BCUT2D eigenvalue weighted by atomic mass is 32.2. The summed E-state index contributed by atoms with van der Waals surface area (Å²) in [5.41, 5.74) is -0.329. The van der Waals surface area contributed by atoms with Crippen LogP contribution in [0, 0.1) is 5.41 Å². The van der Waals surface area contributed by atoms with Crippen molar-refractivity contribution in [2.24, 2.45) is 5.41 Å². The van der Waals surface area contributed by atoms with Gasteiger partial charge in [-0.2, -0.15) is 0 Å². The maximum atomic E-state index is 13.8. The van der Waals surface area contributed by atoms with Gasteiger partial charge in [-0.3, -0.25) is 13.8 Å². The van der Waals surface area contributed by atoms with E-state index >= 15 is 0 Å². The highest BCUT2D eigenvalue weighted by molar-refractivity contribution is 7.86. The minimum atomic E-state index is -1.96. The van der Waals surface area contributed by atoms with E-state index in [9.17, 15) is 18.9 Å². The molecule has 2 N–H and O–H groups in total. The number of hydrogen-bond donors (Lipinski definition) is 2. The molecule has 33 heavy (non-hydrogen) atoms. The van der Waals surface area contributed by atoms with Gasteiger partial charge in [0.1, 0.15) is 11.7 Å². The Kier molecular flexibility index (Phi) is 8.60. The van der Waals surface area contributed by atoms with Gasteiger partial charge in [-0.15, -0.1) is 0 Å². The summed E-state index contributed by atoms with van der Waals surface area (Å²) >= 11 is 0. The van der Waals surface area contributed by atoms with Gasteiger partial charge in [0.05, 0.1) is 16.8 Å². The van der Waals surface area contributed by atoms with Crippen LogP contribution in [0.4, 0.5) is 0 Å². The SMILES string of the molecule is C[C@@H](NC(=O)C(C)(C)C)c1ccccc1[S@@](=O)[C@H](C(=O)OC(C)(C)C)[C@@H](O)c1ccccc1. The Balaban J connectivity index is 2.48. The second-order valence-electron chi connectivity index (χ2n) is 10.1. The molecule has 2 aromatic carbocycles. The molecule has 0 saturated carbocycles. The van der Waals surface area contributed by atoms with Gasteiger partial charge in [-0.05, 0) is 44.9 Å². The van der Waals surface area contributed by atoms with Gasteiger partial charge < -0.3 is 15.2 Å². The van der Waals surface area contributed by atoms with Crippen LogP contribution in [0.15, 0.2) is 59.5 Å². The maximum absolute atomic E-state index is 13.8. The fourth-order valence-corrected chi connectivity index (χ4v) is 4.74. The summed E-state index contributed by atoms with van der Waals surface area (Å²) in [6, 6.07) is 15.1. The van der Waals surface area contributed by atoms with Gasteiger partial charge in [-0.1, -0.05) is 69.3 Å². The molecule has 0 aromatic heterocycles. The number of hydrogen-bond acceptors (Lipinski definition) is 5. The Morgan fingerprint density at radius 3 is 2.03 bits per heavy atom. The molecule has 180 valence electrons. The van der Waals surface area contributed by atoms with E-state index in [1.807, 2.05) is 20.8 Å². The molecular weight excluding hydrogens is 438 g/mol. The molecule has 4 atom stereocenters. The molecule has 0 fully saturated rings. The summed E-state index contributed by atoms with van der Waals surface area (Å²) in [4.78, 5) is 26.0. The van der Waals surface area contributed by atoms with E-state index in [2.05, 4.69) is 5.32 Å². The smallest absolute Gasteiger partial charge is 0.325 e. The van der Waals surface area contributed by atoms with Gasteiger partial charge in [0.15, 0.2) is 5.25 Å². The lowest BCUT2D eigenvalue weighted by Crippen LogP contribution is -2.39. The molecule has 2 aromatic rings. The molecule has 0 aliphatic rings. The van der Waals surface area contributed by atoms with Gasteiger partial charge in [0, 0.05) is 10.3 Å². The Morgan fingerprint density at radius 1 is 0.939 bits per heavy atom. The maximum Gasteiger partial charge on any atom is 0.325 e. The Bertz CT molecular complexity index is 992. The van der Waals surface area contributed by atoms with Crippen LogP contribution in [0.25, 0.3) is 0 Å². The predicted molar refractivity (Wildman–Crippen MR) is 130 cm³/mol. The van der Waals surface area contributed by atoms with E-state index < -0.39 is 45.2 Å². The van der Waals surface area contributed by atoms with Crippen LogP contribution in [0.2, 0.25) is 0 Å². The third kappa shape index (κ3) is 7.24. The summed E-state index contributed by atoms with van der Waals surface area (Å²) in [6.07, 6.45) is -1.34. The molecule has 0 aliphatic heterocycles. The predicted octanol–water partition coefficient (Wildman–Crippen LogP) is 4.46. The zero-order chi connectivity index (χ0) is 25.0. The summed E-state index contributed by atoms with van der Waals surface area (Å²) in [5, 5.41) is 12.7. The van der Waals surface area contributed by atoms with Gasteiger partial charge in [0.2, 0.25) is 5.91 Å². The Hall–Kier alpha value is -2.51. The first-order valence-corrected chi connectivity index (χ1v) is 12.2. The molecule has 0 radical (unpaired) electrons. The lowest BCUT2D eigenvalue weighted by atomic mass is 9.94. The summed E-state index contributed by atoms with van der Waals surface area (Å²) < 4.78 is 19.4. The average Bonchev–Trinajstić information content (AvgIpc) is 2.72. The van der Waals surface area contributed by atoms with Gasteiger partial charge in [-0.25, -0.2) is 0 Å². The molecule has 0 spiro atoms. The monoisotopic (exact) mass is 473 g/mol. The molecule has 6 nitrogen and oxygen atoms in total. The van der Waals surface area contributed by atoms with Crippen molar-refractivity contribution in [2.75, 3.05) is 0 Å². The van der Waals surface area contributed by atoms with E-state index in [1.165, 1.54) is 0 Å². The Labute approximate surface area is 199 Å². The van der Waals surface area contributed by atoms with Crippen molar-refractivity contribution in [3.05, 3.63) is 65.7 Å². The lowest BCUT2D eigenvalue weighted by Gasteiger charge is -2.28. The van der Waals surface area contributed by atoms with Crippen LogP contribution < -0.4 is 5.32 Å². The molecule has 0 aliphatic carbocycles. The fourth-order valence-electron chi connectivity index (χ4n) is 3.17. The first-order valence-electron chi connectivity index (χ1n) is 11.0. The lowest BCUT2D eigenvalue weighted by molar-refractivity contribution is -0.156. The van der Waals surface area contributed by atoms with Crippen molar-refractivity contribution in [1.82, 2.24) is 5.32 Å². The van der Waals surface area contributed by atoms with Gasteiger partial charge in [0.25, 0.3) is 0 Å². The number of benzene rings is 2. The van der Waals surface area contributed by atoms with Crippen molar-refractivity contribution < 1.29 is 23.6 Å². The molecule has 0 unspecified atom stereocenters. The quantitative estimate of drug-likeness (QED) is 0.579. The normalized spacial score (nSPS) is 15.8. The number of nitrogens with one attached hydrogen (secondary N) is 1. The summed E-state index contributed by atoms with van der Waals surface area (Å²) in [7, 11) is -1.96. The van der Waals surface area contributed by atoms with Crippen molar-refractivity contribution >= 4 is 22.7 Å². The molecule has 0 bridgehead atoms. The van der Waals surface area contributed by atoms with E-state index in [0.29, 0.717) is 16.0 Å². The van der Waals surface area contributed by atoms with Gasteiger partial charge >= 0.3 is 5.97 Å². The third-order valence-corrected chi connectivity index (χ3v) is 6.65. The first-order chi connectivity index (χ1) is 15.2. The molecule has 0 saturated heterocycles. The zero-order valence-corrected chi connectivity index (χ0v) is 21.2. The number of rotatable bonds is 7. The van der Waals surface area contributed by atoms with Crippen LogP contribution in [-0.2, 0) is 25.1 Å². The van der Waals surface area contributed by atoms with Crippen LogP contribution in [0.5, 0.6) is 0 Å². The van der Waals surface area contributed by atoms with E-state index in [1.54, 1.807) is 82.3 Å². The molecular formula is C26H35NO5S. The molecule has 1 amide bonds. The first kappa shape index (κ1) is 26.7. The van der Waals surface area contributed by atoms with Crippen LogP contribution in [0.3, 0.4) is 0 Å². The average molecular weight is 474 g/mol. The van der Waals surface area contributed by atoms with Crippen LogP contribution in [-0.4, -0.2) is 32.0 Å². The fraction of sp³-hybridized carbons (Fsp3) is 0.462. The minimum Gasteiger partial charge on any atom is -0.459 e. The van der Waals surface area contributed by atoms with E-state index in [0.717, 1.165) is 0 Å². The number of esters is 1. The van der Waals surface area contributed by atoms with Crippen LogP contribution in [0.1, 0.15) is 71.7 Å². The molecule has 7 heteroatoms. The second-order valence-corrected chi connectivity index (χ2v) is 11.6. The van der Waals surface area contributed by atoms with E-state index in [4.69, 9.17) is 4.74 Å². The number of carbonyl (C=O) groups excluding carboxylic acids is 2. The number of aliphatic hydroxyl groups is 1. The number of aliphatic hydroxyl groups excluding tert-OH is 1. The summed E-state index contributed by atoms with van der Waals surface area (Å²) in [6.45, 7) is 12.4. The number of amides is 1. The topological polar surface area (TPSA) is 92.7 Å². The van der Waals surface area contributed by atoms with E-state index in [-0.39, 0.29) is 5.91 Å². The molecule has 2 rings (SSSR count). The zero-order valence-electron chi connectivity index (χ0n) is 20.4. The number of ether oxygens (including phenoxy) is 1. The van der Waals surface area contributed by atoms with Crippen molar-refractivity contribution in [2.45, 2.75) is 76.4 Å².